The van der Waals surface area contributed by atoms with Crippen LogP contribution in [0.1, 0.15) is 22.3 Å². The molecule has 0 aliphatic rings. The van der Waals surface area contributed by atoms with Crippen LogP contribution in [0.4, 0.5) is 5.69 Å². The molecule has 0 aliphatic heterocycles. The predicted molar refractivity (Wildman–Crippen MR) is 162 cm³/mol. The van der Waals surface area contributed by atoms with Gasteiger partial charge < -0.3 is 10.2 Å². The van der Waals surface area contributed by atoms with E-state index in [-0.39, 0.29) is 23.8 Å². The first kappa shape index (κ1) is 29.6. The van der Waals surface area contributed by atoms with Crippen LogP contribution in [-0.2, 0) is 32.6 Å². The fraction of sp³-hybridized carbons (Fsp3) is 0.212. The van der Waals surface area contributed by atoms with Gasteiger partial charge in [-0.3, -0.25) is 13.9 Å². The van der Waals surface area contributed by atoms with E-state index in [0.29, 0.717) is 11.3 Å². The van der Waals surface area contributed by atoms with Gasteiger partial charge in [-0.15, -0.1) is 0 Å². The van der Waals surface area contributed by atoms with Crippen LogP contribution < -0.4 is 9.62 Å². The van der Waals surface area contributed by atoms with E-state index in [2.05, 4.69) is 5.32 Å². The highest BCUT2D eigenvalue weighted by atomic mass is 32.2. The summed E-state index contributed by atoms with van der Waals surface area (Å²) < 4.78 is 29.2. The standard InChI is InChI=1S/C33H35N3O4S/c1-25-19-20-26(2)30(21-25)36(41(39,40)29-17-11-6-12-18-29)24-32(37)35(23-28-15-9-5-10-16-28)31(33(38)34-3)22-27-13-7-4-8-14-27/h4-21,31H,22-24H2,1-3H3,(H,34,38)/t31-/m0/s1. The number of aryl methyl sites for hydroxylation is 2. The summed E-state index contributed by atoms with van der Waals surface area (Å²) in [6.07, 6.45) is 0.272. The van der Waals surface area contributed by atoms with E-state index in [9.17, 15) is 18.0 Å². The molecule has 2 amide bonds. The molecular formula is C33H35N3O4S. The molecule has 0 aliphatic carbocycles. The number of hydrogen-bond acceptors (Lipinski definition) is 4. The molecular weight excluding hydrogens is 534 g/mol. The molecule has 0 radical (unpaired) electrons. The summed E-state index contributed by atoms with van der Waals surface area (Å²) in [5.74, 6) is -0.818. The van der Waals surface area contributed by atoms with Gasteiger partial charge in [-0.25, -0.2) is 8.42 Å². The highest BCUT2D eigenvalue weighted by Gasteiger charge is 2.34. The Kier molecular flexibility index (Phi) is 9.57. The van der Waals surface area contributed by atoms with Crippen molar-refractivity contribution in [3.05, 3.63) is 131 Å². The van der Waals surface area contributed by atoms with E-state index in [1.165, 1.54) is 24.1 Å². The predicted octanol–water partition coefficient (Wildman–Crippen LogP) is 4.88. The Hall–Kier alpha value is -4.43. The molecule has 0 bridgehead atoms. The van der Waals surface area contributed by atoms with Crippen molar-refractivity contribution in [3.63, 3.8) is 0 Å². The molecule has 4 aromatic carbocycles. The minimum atomic E-state index is -4.12. The molecule has 1 N–H and O–H groups in total. The van der Waals surface area contributed by atoms with Crippen molar-refractivity contribution < 1.29 is 18.0 Å². The van der Waals surface area contributed by atoms with Crippen LogP contribution in [0, 0.1) is 13.8 Å². The summed E-state index contributed by atoms with van der Waals surface area (Å²) in [5.41, 5.74) is 3.70. The smallest absolute Gasteiger partial charge is 0.264 e. The summed E-state index contributed by atoms with van der Waals surface area (Å²) in [7, 11) is -2.58. The van der Waals surface area contributed by atoms with E-state index in [1.54, 1.807) is 24.3 Å². The second kappa shape index (κ2) is 13.3. The first-order valence-corrected chi connectivity index (χ1v) is 14.9. The summed E-state index contributed by atoms with van der Waals surface area (Å²) >= 11 is 0. The number of likely N-dealkylation sites (N-methyl/N-ethyl adjacent to an activating group) is 1. The highest BCUT2D eigenvalue weighted by molar-refractivity contribution is 7.92. The third-order valence-electron chi connectivity index (χ3n) is 6.96. The van der Waals surface area contributed by atoms with E-state index in [0.717, 1.165) is 21.0 Å². The quantitative estimate of drug-likeness (QED) is 0.279. The Labute approximate surface area is 242 Å². The van der Waals surface area contributed by atoms with Gasteiger partial charge in [0.1, 0.15) is 12.6 Å². The molecule has 7 nitrogen and oxygen atoms in total. The number of benzene rings is 4. The minimum Gasteiger partial charge on any atom is -0.357 e. The van der Waals surface area contributed by atoms with Gasteiger partial charge in [-0.05, 0) is 54.3 Å². The van der Waals surface area contributed by atoms with Crippen molar-refractivity contribution in [1.29, 1.82) is 0 Å². The second-order valence-corrected chi connectivity index (χ2v) is 11.8. The van der Waals surface area contributed by atoms with Gasteiger partial charge in [0.15, 0.2) is 0 Å². The van der Waals surface area contributed by atoms with Crippen LogP contribution in [0.25, 0.3) is 0 Å². The third-order valence-corrected chi connectivity index (χ3v) is 8.73. The van der Waals surface area contributed by atoms with Gasteiger partial charge in [0, 0.05) is 20.0 Å². The average molecular weight is 570 g/mol. The normalized spacial score (nSPS) is 11.9. The molecule has 1 atom stereocenters. The van der Waals surface area contributed by atoms with Crippen molar-refractivity contribution in [1.82, 2.24) is 10.2 Å². The lowest BCUT2D eigenvalue weighted by Crippen LogP contribution is -2.53. The Morgan fingerprint density at radius 1 is 0.780 bits per heavy atom. The maximum Gasteiger partial charge on any atom is 0.264 e. The topological polar surface area (TPSA) is 86.8 Å². The Bertz CT molecular complexity index is 1580. The summed E-state index contributed by atoms with van der Waals surface area (Å²) in [6, 6.07) is 31.6. The van der Waals surface area contributed by atoms with Crippen LogP contribution >= 0.6 is 0 Å². The van der Waals surface area contributed by atoms with E-state index in [4.69, 9.17) is 0 Å². The Morgan fingerprint density at radius 3 is 1.93 bits per heavy atom. The molecule has 0 spiro atoms. The number of carbonyl (C=O) groups excluding carboxylic acids is 2. The zero-order valence-corrected chi connectivity index (χ0v) is 24.3. The second-order valence-electron chi connectivity index (χ2n) is 9.94. The van der Waals surface area contributed by atoms with Crippen molar-refractivity contribution in [3.8, 4) is 0 Å². The monoisotopic (exact) mass is 569 g/mol. The van der Waals surface area contributed by atoms with Crippen LogP contribution in [0.2, 0.25) is 0 Å². The lowest BCUT2D eigenvalue weighted by Gasteiger charge is -2.34. The minimum absolute atomic E-state index is 0.0791. The van der Waals surface area contributed by atoms with Crippen molar-refractivity contribution in [2.45, 2.75) is 37.8 Å². The molecule has 0 saturated carbocycles. The number of carbonyl (C=O) groups is 2. The number of rotatable bonds is 11. The largest absolute Gasteiger partial charge is 0.357 e. The number of sulfonamides is 1. The lowest BCUT2D eigenvalue weighted by atomic mass is 10.0. The highest BCUT2D eigenvalue weighted by Crippen LogP contribution is 2.28. The maximum atomic E-state index is 14.3. The first-order chi connectivity index (χ1) is 19.7. The molecule has 41 heavy (non-hydrogen) atoms. The first-order valence-electron chi connectivity index (χ1n) is 13.4. The zero-order valence-electron chi connectivity index (χ0n) is 23.5. The fourth-order valence-corrected chi connectivity index (χ4v) is 6.21. The number of nitrogens with zero attached hydrogens (tertiary/aromatic N) is 2. The number of nitrogens with one attached hydrogen (secondary N) is 1. The van der Waals surface area contributed by atoms with Gasteiger partial charge >= 0.3 is 0 Å². The van der Waals surface area contributed by atoms with Crippen LogP contribution in [0.3, 0.4) is 0 Å². The van der Waals surface area contributed by atoms with Gasteiger partial charge in [0.25, 0.3) is 10.0 Å². The summed E-state index contributed by atoms with van der Waals surface area (Å²) in [5, 5.41) is 2.70. The molecule has 0 unspecified atom stereocenters. The van der Waals surface area contributed by atoms with Crippen LogP contribution in [0.15, 0.2) is 114 Å². The van der Waals surface area contributed by atoms with E-state index >= 15 is 0 Å². The lowest BCUT2D eigenvalue weighted by molar-refractivity contribution is -0.139. The molecule has 0 heterocycles. The van der Waals surface area contributed by atoms with Gasteiger partial charge in [-0.1, -0.05) is 91.0 Å². The zero-order chi connectivity index (χ0) is 29.4. The Balaban J connectivity index is 1.80. The molecule has 0 aromatic heterocycles. The summed E-state index contributed by atoms with van der Waals surface area (Å²) in [4.78, 5) is 29.2. The van der Waals surface area contributed by atoms with Crippen molar-refractivity contribution in [2.24, 2.45) is 0 Å². The molecule has 4 aromatic rings. The fourth-order valence-electron chi connectivity index (χ4n) is 4.72. The number of anilines is 1. The van der Waals surface area contributed by atoms with Gasteiger partial charge in [0.05, 0.1) is 10.6 Å². The molecule has 0 saturated heterocycles. The maximum absolute atomic E-state index is 14.3. The van der Waals surface area contributed by atoms with Crippen molar-refractivity contribution in [2.75, 3.05) is 17.9 Å². The number of hydrogen-bond donors (Lipinski definition) is 1. The SMILES string of the molecule is CNC(=O)[C@H](Cc1ccccc1)N(Cc1ccccc1)C(=O)CN(c1cc(C)ccc1C)S(=O)(=O)c1ccccc1. The molecule has 212 valence electrons. The molecule has 8 heteroatoms. The average Bonchev–Trinajstić information content (AvgIpc) is 3.00. The van der Waals surface area contributed by atoms with E-state index < -0.39 is 28.5 Å². The third kappa shape index (κ3) is 7.21. The van der Waals surface area contributed by atoms with Crippen molar-refractivity contribution >= 4 is 27.5 Å². The Morgan fingerprint density at radius 2 is 1.34 bits per heavy atom. The van der Waals surface area contributed by atoms with E-state index in [1.807, 2.05) is 86.6 Å². The van der Waals surface area contributed by atoms with Gasteiger partial charge in [0.2, 0.25) is 11.8 Å². The van der Waals surface area contributed by atoms with Crippen LogP contribution in [-0.4, -0.2) is 44.8 Å². The molecule has 4 rings (SSSR count). The van der Waals surface area contributed by atoms with Gasteiger partial charge in [-0.2, -0.15) is 0 Å². The van der Waals surface area contributed by atoms with Crippen LogP contribution in [0.5, 0.6) is 0 Å². The summed E-state index contributed by atoms with van der Waals surface area (Å²) in [6.45, 7) is 3.35. The number of amides is 2. The molecule has 0 fully saturated rings.